The first-order valence-corrected chi connectivity index (χ1v) is 12.8. The summed E-state index contributed by atoms with van der Waals surface area (Å²) >= 11 is 6.54. The monoisotopic (exact) mass is 487 g/mol. The Morgan fingerprint density at radius 3 is 2.65 bits per heavy atom. The van der Waals surface area contributed by atoms with Crippen molar-refractivity contribution in [2.45, 2.75) is 57.5 Å². The van der Waals surface area contributed by atoms with Gasteiger partial charge in [0.1, 0.15) is 5.82 Å². The summed E-state index contributed by atoms with van der Waals surface area (Å²) in [5.74, 6) is 0.852. The number of methoxy groups -OCH3 is 1. The molecule has 1 saturated heterocycles. The summed E-state index contributed by atoms with van der Waals surface area (Å²) in [6.07, 6.45) is 10.3. The smallest absolute Gasteiger partial charge is 0.126 e. The Kier molecular flexibility index (Phi) is 9.00. The summed E-state index contributed by atoms with van der Waals surface area (Å²) < 4.78 is 10.7. The fraction of sp³-hybridized carbons (Fsp3) is 0.615. The second-order valence-electron chi connectivity index (χ2n) is 9.90. The van der Waals surface area contributed by atoms with Crippen LogP contribution in [0, 0.1) is 5.41 Å². The molecule has 3 heterocycles. The molecule has 2 aromatic heterocycles. The molecule has 2 fully saturated rings. The fourth-order valence-electron chi connectivity index (χ4n) is 4.77. The Hall–Kier alpha value is -1.93. The lowest BCUT2D eigenvalue weighted by atomic mass is 9.82. The lowest BCUT2D eigenvalue weighted by Gasteiger charge is -2.34. The van der Waals surface area contributed by atoms with Gasteiger partial charge in [-0.2, -0.15) is 0 Å². The van der Waals surface area contributed by atoms with Crippen LogP contribution in [-0.2, 0) is 9.47 Å². The van der Waals surface area contributed by atoms with Gasteiger partial charge in [0.25, 0.3) is 0 Å². The van der Waals surface area contributed by atoms with E-state index in [9.17, 15) is 0 Å². The van der Waals surface area contributed by atoms with Gasteiger partial charge in [-0.3, -0.25) is 4.98 Å². The lowest BCUT2D eigenvalue weighted by Crippen LogP contribution is -2.38. The van der Waals surface area contributed by atoms with Crippen molar-refractivity contribution >= 4 is 23.1 Å². The van der Waals surface area contributed by atoms with Crippen LogP contribution >= 0.6 is 11.6 Å². The van der Waals surface area contributed by atoms with E-state index in [1.54, 1.807) is 13.3 Å². The third-order valence-corrected chi connectivity index (χ3v) is 7.43. The SMILES string of the molecule is COCCNC1CCC(Nc2cc(-c3cc(NCC4(C)CCOCC4)ccn3)c(Cl)cn2)CC1. The zero-order chi connectivity index (χ0) is 23.8. The Bertz CT molecular complexity index is 914. The molecule has 1 aliphatic carbocycles. The van der Waals surface area contributed by atoms with Gasteiger partial charge in [0.2, 0.25) is 0 Å². The van der Waals surface area contributed by atoms with Crippen molar-refractivity contribution in [3.8, 4) is 11.3 Å². The first kappa shape index (κ1) is 25.2. The van der Waals surface area contributed by atoms with Crippen LogP contribution in [0.25, 0.3) is 11.3 Å². The molecular formula is C26H38ClN5O2. The van der Waals surface area contributed by atoms with Crippen molar-refractivity contribution in [2.75, 3.05) is 50.7 Å². The van der Waals surface area contributed by atoms with Crippen molar-refractivity contribution in [1.29, 1.82) is 0 Å². The number of hydrogen-bond acceptors (Lipinski definition) is 7. The lowest BCUT2D eigenvalue weighted by molar-refractivity contribution is 0.0300. The number of anilines is 2. The van der Waals surface area contributed by atoms with Crippen molar-refractivity contribution in [3.63, 3.8) is 0 Å². The Labute approximate surface area is 208 Å². The van der Waals surface area contributed by atoms with Gasteiger partial charge in [-0.1, -0.05) is 18.5 Å². The molecule has 8 heteroatoms. The topological polar surface area (TPSA) is 80.3 Å². The molecule has 0 aromatic carbocycles. The minimum absolute atomic E-state index is 0.255. The Morgan fingerprint density at radius 1 is 1.12 bits per heavy atom. The average molecular weight is 488 g/mol. The molecule has 186 valence electrons. The van der Waals surface area contributed by atoms with E-state index in [-0.39, 0.29) is 5.41 Å². The summed E-state index contributed by atoms with van der Waals surface area (Å²) in [7, 11) is 1.74. The van der Waals surface area contributed by atoms with Gasteiger partial charge in [-0.25, -0.2) is 4.98 Å². The van der Waals surface area contributed by atoms with Crippen molar-refractivity contribution in [1.82, 2.24) is 15.3 Å². The zero-order valence-electron chi connectivity index (χ0n) is 20.4. The molecule has 2 aliphatic rings. The van der Waals surface area contributed by atoms with Gasteiger partial charge in [-0.15, -0.1) is 0 Å². The van der Waals surface area contributed by atoms with Crippen LogP contribution < -0.4 is 16.0 Å². The average Bonchev–Trinajstić information content (AvgIpc) is 2.86. The highest BCUT2D eigenvalue weighted by Gasteiger charge is 2.27. The minimum atomic E-state index is 0.255. The summed E-state index contributed by atoms with van der Waals surface area (Å²) in [4.78, 5) is 9.13. The molecule has 2 aromatic rings. The second-order valence-corrected chi connectivity index (χ2v) is 10.3. The molecule has 34 heavy (non-hydrogen) atoms. The van der Waals surface area contributed by atoms with E-state index in [4.69, 9.17) is 21.1 Å². The first-order chi connectivity index (χ1) is 16.5. The predicted octanol–water partition coefficient (Wildman–Crippen LogP) is 4.98. The molecule has 0 radical (unpaired) electrons. The molecule has 0 unspecified atom stereocenters. The molecule has 7 nitrogen and oxygen atoms in total. The van der Waals surface area contributed by atoms with Gasteiger partial charge >= 0.3 is 0 Å². The van der Waals surface area contributed by atoms with Crippen LogP contribution in [0.3, 0.4) is 0 Å². The van der Waals surface area contributed by atoms with E-state index in [1.165, 1.54) is 0 Å². The number of pyridine rings is 2. The van der Waals surface area contributed by atoms with Gasteiger partial charge < -0.3 is 25.4 Å². The summed E-state index contributed by atoms with van der Waals surface area (Å²) in [6, 6.07) is 7.11. The number of hydrogen-bond donors (Lipinski definition) is 3. The first-order valence-electron chi connectivity index (χ1n) is 12.5. The van der Waals surface area contributed by atoms with Crippen molar-refractivity contribution in [3.05, 3.63) is 35.6 Å². The fourth-order valence-corrected chi connectivity index (χ4v) is 4.97. The molecule has 1 saturated carbocycles. The third kappa shape index (κ3) is 7.04. The van der Waals surface area contributed by atoms with Crippen LogP contribution in [0.2, 0.25) is 5.02 Å². The van der Waals surface area contributed by atoms with Gasteiger partial charge in [0.15, 0.2) is 0 Å². The molecule has 0 atom stereocenters. The molecule has 1 aliphatic heterocycles. The van der Waals surface area contributed by atoms with Crippen molar-refractivity contribution in [2.24, 2.45) is 5.41 Å². The minimum Gasteiger partial charge on any atom is -0.384 e. The van der Waals surface area contributed by atoms with Crippen LogP contribution in [-0.4, -0.2) is 62.1 Å². The van der Waals surface area contributed by atoms with E-state index in [0.29, 0.717) is 17.1 Å². The van der Waals surface area contributed by atoms with Gasteiger partial charge in [0, 0.05) is 69.1 Å². The maximum atomic E-state index is 6.54. The van der Waals surface area contributed by atoms with E-state index in [1.807, 2.05) is 18.3 Å². The standard InChI is InChI=1S/C26H38ClN5O2/c1-26(8-12-34-13-9-26)18-31-21-7-10-29-24(15-21)22-16-25(30-17-23(22)27)32-20-5-3-19(4-6-20)28-11-14-33-2/h7,10,15-17,19-20,28H,3-6,8-9,11-14,18H2,1-2H3,(H,29,31)(H,30,32). The summed E-state index contributed by atoms with van der Waals surface area (Å²) in [5.41, 5.74) is 3.06. The number of nitrogens with zero attached hydrogens (tertiary/aromatic N) is 2. The maximum Gasteiger partial charge on any atom is 0.126 e. The molecule has 0 spiro atoms. The highest BCUT2D eigenvalue weighted by Crippen LogP contribution is 2.32. The number of aromatic nitrogens is 2. The van der Waals surface area contributed by atoms with Crippen LogP contribution in [0.4, 0.5) is 11.5 Å². The highest BCUT2D eigenvalue weighted by atomic mass is 35.5. The third-order valence-electron chi connectivity index (χ3n) is 7.13. The van der Waals surface area contributed by atoms with E-state index in [0.717, 1.165) is 94.2 Å². The normalized spacial score (nSPS) is 22.3. The van der Waals surface area contributed by atoms with E-state index in [2.05, 4.69) is 38.9 Å². The quantitative estimate of drug-likeness (QED) is 0.407. The van der Waals surface area contributed by atoms with Crippen LogP contribution in [0.15, 0.2) is 30.6 Å². The number of nitrogens with one attached hydrogen (secondary N) is 3. The summed E-state index contributed by atoms with van der Waals surface area (Å²) in [6.45, 7) is 6.60. The maximum absolute atomic E-state index is 6.54. The molecular weight excluding hydrogens is 450 g/mol. The number of ether oxygens (including phenoxy) is 2. The predicted molar refractivity (Wildman–Crippen MR) is 139 cm³/mol. The number of halogens is 1. The Balaban J connectivity index is 1.36. The molecule has 4 rings (SSSR count). The van der Waals surface area contributed by atoms with E-state index < -0.39 is 0 Å². The summed E-state index contributed by atoms with van der Waals surface area (Å²) in [5, 5.41) is 11.4. The second kappa shape index (κ2) is 12.2. The molecule has 3 N–H and O–H groups in total. The molecule has 0 amide bonds. The highest BCUT2D eigenvalue weighted by molar-refractivity contribution is 6.33. The van der Waals surface area contributed by atoms with Gasteiger partial charge in [-0.05, 0) is 62.1 Å². The number of rotatable bonds is 10. The van der Waals surface area contributed by atoms with Crippen LogP contribution in [0.1, 0.15) is 45.4 Å². The van der Waals surface area contributed by atoms with Gasteiger partial charge in [0.05, 0.1) is 17.3 Å². The zero-order valence-corrected chi connectivity index (χ0v) is 21.2. The van der Waals surface area contributed by atoms with Crippen LogP contribution in [0.5, 0.6) is 0 Å². The van der Waals surface area contributed by atoms with Crippen molar-refractivity contribution < 1.29 is 9.47 Å². The van der Waals surface area contributed by atoms with E-state index >= 15 is 0 Å². The largest absolute Gasteiger partial charge is 0.384 e. The Morgan fingerprint density at radius 2 is 1.88 bits per heavy atom. The molecule has 0 bridgehead atoms.